The molecule has 0 atom stereocenters. The van der Waals surface area contributed by atoms with Crippen LogP contribution in [0.25, 0.3) is 0 Å². The van der Waals surface area contributed by atoms with Gasteiger partial charge in [-0.2, -0.15) is 0 Å². The molecule has 0 saturated heterocycles. The van der Waals surface area contributed by atoms with Gasteiger partial charge in [0.25, 0.3) is 0 Å². The van der Waals surface area contributed by atoms with Gasteiger partial charge < -0.3 is 0 Å². The molecule has 0 aliphatic carbocycles. The molecule has 0 aliphatic rings. The van der Waals surface area contributed by atoms with E-state index in [1.165, 1.54) is 18.4 Å². The van der Waals surface area contributed by atoms with Gasteiger partial charge in [0.1, 0.15) is 0 Å². The number of hydrogen-bond donors (Lipinski definition) is 1. The van der Waals surface area contributed by atoms with E-state index >= 15 is 0 Å². The smallest absolute Gasteiger partial charge is 0.212 e. The predicted octanol–water partition coefficient (Wildman–Crippen LogP) is 3.49. The lowest BCUT2D eigenvalue weighted by molar-refractivity contribution is 0.580. The maximum absolute atomic E-state index is 12.1. The molecule has 0 spiro atoms. The zero-order valence-electron chi connectivity index (χ0n) is 13.6. The first-order valence-electron chi connectivity index (χ1n) is 8.09. The molecule has 0 heterocycles. The van der Waals surface area contributed by atoms with Crippen LogP contribution in [0.5, 0.6) is 0 Å². The Hall–Kier alpha value is -1.65. The number of hydrogen-bond acceptors (Lipinski definition) is 2. The van der Waals surface area contributed by atoms with Crippen molar-refractivity contribution in [2.75, 3.05) is 5.75 Å². The van der Waals surface area contributed by atoms with Crippen molar-refractivity contribution in [1.82, 2.24) is 4.72 Å². The summed E-state index contributed by atoms with van der Waals surface area (Å²) in [5.41, 5.74) is 3.29. The maximum atomic E-state index is 12.1. The molecule has 0 amide bonds. The molecule has 123 valence electrons. The summed E-state index contributed by atoms with van der Waals surface area (Å²) < 4.78 is 26.8. The average Bonchev–Trinajstić information content (AvgIpc) is 2.58. The van der Waals surface area contributed by atoms with Crippen LogP contribution in [-0.4, -0.2) is 14.2 Å². The lowest BCUT2D eigenvalue weighted by atomic mass is 10.1. The van der Waals surface area contributed by atoms with Crippen LogP contribution in [0.1, 0.15) is 36.5 Å². The van der Waals surface area contributed by atoms with Crippen LogP contribution in [0, 0.1) is 6.07 Å². The molecule has 0 aromatic heterocycles. The van der Waals surface area contributed by atoms with Crippen molar-refractivity contribution in [3.8, 4) is 0 Å². The molecule has 2 rings (SSSR count). The standard InChI is InChI=1S/C19H24NO2S/c1-2-3-7-17-10-12-18(13-11-17)14-15-23(21,22)20-16-19-8-5-4-6-9-19/h4-5,8-13,20H,2-3,7,14-16H2,1H3. The molecule has 23 heavy (non-hydrogen) atoms. The number of aryl methyl sites for hydroxylation is 2. The number of benzene rings is 2. The van der Waals surface area contributed by atoms with Crippen LogP contribution in [0.15, 0.2) is 48.5 Å². The molecule has 0 bridgehead atoms. The van der Waals surface area contributed by atoms with Gasteiger partial charge in [0.2, 0.25) is 10.0 Å². The van der Waals surface area contributed by atoms with Crippen molar-refractivity contribution in [2.24, 2.45) is 0 Å². The Morgan fingerprint density at radius 1 is 1.00 bits per heavy atom. The number of unbranched alkanes of at least 4 members (excludes halogenated alkanes) is 1. The number of sulfonamides is 1. The van der Waals surface area contributed by atoms with E-state index in [0.717, 1.165) is 17.5 Å². The monoisotopic (exact) mass is 330 g/mol. The molecule has 0 saturated carbocycles. The second-order valence-electron chi connectivity index (χ2n) is 5.72. The van der Waals surface area contributed by atoms with Gasteiger partial charge in [0.15, 0.2) is 0 Å². The van der Waals surface area contributed by atoms with Crippen LogP contribution in [0.3, 0.4) is 0 Å². The Morgan fingerprint density at radius 3 is 2.30 bits per heavy atom. The largest absolute Gasteiger partial charge is 0.212 e. The third kappa shape index (κ3) is 6.55. The highest BCUT2D eigenvalue weighted by Crippen LogP contribution is 2.09. The van der Waals surface area contributed by atoms with Gasteiger partial charge in [-0.3, -0.25) is 0 Å². The Balaban J connectivity index is 1.81. The number of rotatable bonds is 9. The molecule has 0 unspecified atom stereocenters. The van der Waals surface area contributed by atoms with Crippen LogP contribution >= 0.6 is 0 Å². The summed E-state index contributed by atoms with van der Waals surface area (Å²) in [6.07, 6.45) is 3.99. The van der Waals surface area contributed by atoms with Crippen LogP contribution in [-0.2, 0) is 29.4 Å². The fourth-order valence-electron chi connectivity index (χ4n) is 2.31. The van der Waals surface area contributed by atoms with Crippen LogP contribution in [0.4, 0.5) is 0 Å². The van der Waals surface area contributed by atoms with E-state index in [9.17, 15) is 8.42 Å². The van der Waals surface area contributed by atoms with E-state index in [0.29, 0.717) is 13.0 Å². The van der Waals surface area contributed by atoms with Gasteiger partial charge >= 0.3 is 0 Å². The van der Waals surface area contributed by atoms with E-state index in [1.54, 1.807) is 12.1 Å². The van der Waals surface area contributed by atoms with Gasteiger partial charge in [0, 0.05) is 6.54 Å². The van der Waals surface area contributed by atoms with Crippen molar-refractivity contribution in [2.45, 2.75) is 39.2 Å². The minimum atomic E-state index is -3.27. The highest BCUT2D eigenvalue weighted by molar-refractivity contribution is 7.89. The number of nitrogens with one attached hydrogen (secondary N) is 1. The SMILES string of the molecule is CCCCc1ccc(CCS(=O)(=O)NCc2c[c]ccc2)cc1. The summed E-state index contributed by atoms with van der Waals surface area (Å²) in [4.78, 5) is 0. The first kappa shape index (κ1) is 17.7. The van der Waals surface area contributed by atoms with Crippen molar-refractivity contribution in [3.05, 3.63) is 71.3 Å². The highest BCUT2D eigenvalue weighted by Gasteiger charge is 2.10. The molecule has 4 heteroatoms. The highest BCUT2D eigenvalue weighted by atomic mass is 32.2. The van der Waals surface area contributed by atoms with Crippen molar-refractivity contribution < 1.29 is 8.42 Å². The minimum Gasteiger partial charge on any atom is -0.212 e. The summed E-state index contributed by atoms with van der Waals surface area (Å²) in [6, 6.07) is 18.5. The summed E-state index contributed by atoms with van der Waals surface area (Å²) >= 11 is 0. The molecular weight excluding hydrogens is 306 g/mol. The zero-order chi connectivity index (χ0) is 16.5. The van der Waals surface area contributed by atoms with Gasteiger partial charge in [-0.05, 0) is 48.1 Å². The van der Waals surface area contributed by atoms with E-state index < -0.39 is 10.0 Å². The Morgan fingerprint density at radius 2 is 1.70 bits per heavy atom. The van der Waals surface area contributed by atoms with Gasteiger partial charge in [-0.1, -0.05) is 55.8 Å². The van der Waals surface area contributed by atoms with Gasteiger partial charge in [-0.25, -0.2) is 13.1 Å². The normalized spacial score (nSPS) is 11.5. The second kappa shape index (κ2) is 8.85. The fourth-order valence-corrected chi connectivity index (χ4v) is 3.35. The van der Waals surface area contributed by atoms with Crippen LogP contribution in [0.2, 0.25) is 0 Å². The minimum absolute atomic E-state index is 0.109. The van der Waals surface area contributed by atoms with E-state index in [2.05, 4.69) is 29.8 Å². The maximum Gasteiger partial charge on any atom is 0.212 e. The first-order valence-corrected chi connectivity index (χ1v) is 9.74. The van der Waals surface area contributed by atoms with Crippen LogP contribution < -0.4 is 4.72 Å². The molecule has 0 fully saturated rings. The van der Waals surface area contributed by atoms with E-state index in [-0.39, 0.29) is 5.75 Å². The lowest BCUT2D eigenvalue weighted by Crippen LogP contribution is -2.26. The van der Waals surface area contributed by atoms with E-state index in [4.69, 9.17) is 0 Å². The summed E-state index contributed by atoms with van der Waals surface area (Å²) in [5.74, 6) is 0.109. The Labute approximate surface area is 139 Å². The summed E-state index contributed by atoms with van der Waals surface area (Å²) in [7, 11) is -3.27. The molecular formula is C19H24NO2S. The fraction of sp³-hybridized carbons (Fsp3) is 0.368. The van der Waals surface area contributed by atoms with Crippen molar-refractivity contribution >= 4 is 10.0 Å². The quantitative estimate of drug-likeness (QED) is 0.765. The average molecular weight is 330 g/mol. The first-order chi connectivity index (χ1) is 11.1. The topological polar surface area (TPSA) is 46.2 Å². The molecule has 2 aromatic rings. The molecule has 2 aromatic carbocycles. The van der Waals surface area contributed by atoms with E-state index in [1.807, 2.05) is 24.3 Å². The van der Waals surface area contributed by atoms with Gasteiger partial charge in [0.05, 0.1) is 5.75 Å². The third-order valence-electron chi connectivity index (χ3n) is 3.77. The third-order valence-corrected chi connectivity index (χ3v) is 5.09. The Bertz CT molecular complexity index is 679. The predicted molar refractivity (Wildman–Crippen MR) is 94.7 cm³/mol. The van der Waals surface area contributed by atoms with Gasteiger partial charge in [-0.15, -0.1) is 0 Å². The molecule has 3 nitrogen and oxygen atoms in total. The lowest BCUT2D eigenvalue weighted by Gasteiger charge is -2.07. The second-order valence-corrected chi connectivity index (χ2v) is 7.65. The van der Waals surface area contributed by atoms with Crippen molar-refractivity contribution in [3.63, 3.8) is 0 Å². The Kier molecular flexibility index (Phi) is 6.81. The summed E-state index contributed by atoms with van der Waals surface area (Å²) in [5, 5.41) is 0. The molecule has 0 aliphatic heterocycles. The van der Waals surface area contributed by atoms with Crippen molar-refractivity contribution in [1.29, 1.82) is 0 Å². The summed E-state index contributed by atoms with van der Waals surface area (Å²) in [6.45, 7) is 2.50. The zero-order valence-corrected chi connectivity index (χ0v) is 14.4. The molecule has 1 radical (unpaired) electrons. The molecule has 1 N–H and O–H groups in total.